The van der Waals surface area contributed by atoms with Crippen LogP contribution in [0.2, 0.25) is 0 Å². The number of likely N-dealkylation sites (tertiary alicyclic amines) is 1. The Morgan fingerprint density at radius 3 is 2.48 bits per heavy atom. The number of rotatable bonds is 4. The average molecular weight is 434 g/mol. The van der Waals surface area contributed by atoms with E-state index in [0.29, 0.717) is 37.4 Å². The van der Waals surface area contributed by atoms with E-state index in [1.165, 1.54) is 9.80 Å². The minimum absolute atomic E-state index is 0.126. The Labute approximate surface area is 169 Å². The van der Waals surface area contributed by atoms with Crippen LogP contribution in [0, 0.1) is 0 Å². The highest BCUT2D eigenvalue weighted by molar-refractivity contribution is 7.80. The SMILES string of the molecule is CC(C)(C)OC(=O)N1CC[C@H](NC(=O)[C@@H]2CC[C@@H]3CN2C(=O)N3OS(=O)(=O)O)C1. The molecule has 12 nitrogen and oxygen atoms in total. The molecule has 0 aromatic carbocycles. The number of piperidine rings is 1. The van der Waals surface area contributed by atoms with Gasteiger partial charge in [-0.1, -0.05) is 0 Å². The molecule has 3 aliphatic heterocycles. The number of hydroxylamine groups is 2. The number of carbonyl (C=O) groups excluding carboxylic acids is 3. The number of hydrogen-bond acceptors (Lipinski definition) is 7. The Morgan fingerprint density at radius 2 is 1.86 bits per heavy atom. The minimum Gasteiger partial charge on any atom is -0.444 e. The van der Waals surface area contributed by atoms with E-state index in [4.69, 9.17) is 9.29 Å². The molecule has 4 amide bonds. The standard InChI is InChI=1S/C16H26N4O8S/c1-16(2,3)27-15(23)18-7-6-10(8-18)17-13(21)12-5-4-11-9-19(12)14(22)20(11)28-29(24,25)26/h10-12H,4-9H2,1-3H3,(H,17,21)(H,24,25,26)/t10-,11+,12-/m0/s1. The summed E-state index contributed by atoms with van der Waals surface area (Å²) in [5.41, 5.74) is -0.608. The number of hydrogen-bond donors (Lipinski definition) is 2. The lowest BCUT2D eigenvalue weighted by molar-refractivity contribution is -0.126. The summed E-state index contributed by atoms with van der Waals surface area (Å²) in [5.74, 6) is -0.374. The highest BCUT2D eigenvalue weighted by atomic mass is 32.3. The largest absolute Gasteiger partial charge is 0.444 e. The molecule has 164 valence electrons. The summed E-state index contributed by atoms with van der Waals surface area (Å²) < 4.78 is 40.4. The fourth-order valence-electron chi connectivity index (χ4n) is 3.77. The monoisotopic (exact) mass is 434 g/mol. The predicted molar refractivity (Wildman–Crippen MR) is 97.7 cm³/mol. The van der Waals surface area contributed by atoms with Gasteiger partial charge in [0.25, 0.3) is 0 Å². The Balaban J connectivity index is 1.56. The van der Waals surface area contributed by atoms with Crippen molar-refractivity contribution in [3.05, 3.63) is 0 Å². The lowest BCUT2D eigenvalue weighted by Gasteiger charge is -2.30. The molecule has 0 aromatic rings. The van der Waals surface area contributed by atoms with Gasteiger partial charge in [-0.25, -0.2) is 9.59 Å². The van der Waals surface area contributed by atoms with Gasteiger partial charge in [0, 0.05) is 25.7 Å². The molecule has 0 spiro atoms. The molecular weight excluding hydrogens is 408 g/mol. The van der Waals surface area contributed by atoms with Gasteiger partial charge in [0.2, 0.25) is 5.91 Å². The zero-order valence-electron chi connectivity index (χ0n) is 16.5. The molecule has 0 unspecified atom stereocenters. The van der Waals surface area contributed by atoms with Crippen molar-refractivity contribution in [1.82, 2.24) is 20.2 Å². The molecule has 0 aromatic heterocycles. The third-order valence-electron chi connectivity index (χ3n) is 4.99. The summed E-state index contributed by atoms with van der Waals surface area (Å²) in [6.07, 6.45) is 0.801. The van der Waals surface area contributed by atoms with Crippen LogP contribution in [0.4, 0.5) is 9.59 Å². The van der Waals surface area contributed by atoms with E-state index in [2.05, 4.69) is 9.60 Å². The van der Waals surface area contributed by atoms with Crippen LogP contribution in [0.25, 0.3) is 0 Å². The van der Waals surface area contributed by atoms with Gasteiger partial charge in [0.15, 0.2) is 0 Å². The van der Waals surface area contributed by atoms with Crippen LogP contribution in [0.3, 0.4) is 0 Å². The first-order chi connectivity index (χ1) is 13.3. The summed E-state index contributed by atoms with van der Waals surface area (Å²) in [4.78, 5) is 40.0. The molecule has 0 radical (unpaired) electrons. The van der Waals surface area contributed by atoms with E-state index in [1.807, 2.05) is 0 Å². The van der Waals surface area contributed by atoms with Crippen LogP contribution < -0.4 is 5.32 Å². The molecule has 0 saturated carbocycles. The van der Waals surface area contributed by atoms with Gasteiger partial charge < -0.3 is 19.9 Å². The van der Waals surface area contributed by atoms with Gasteiger partial charge in [0.05, 0.1) is 6.04 Å². The van der Waals surface area contributed by atoms with Crippen LogP contribution in [0.5, 0.6) is 0 Å². The third-order valence-corrected chi connectivity index (χ3v) is 5.34. The quantitative estimate of drug-likeness (QED) is 0.593. The van der Waals surface area contributed by atoms with Crippen molar-refractivity contribution < 1.29 is 36.4 Å². The molecule has 2 N–H and O–H groups in total. The first-order valence-electron chi connectivity index (χ1n) is 9.39. The average Bonchev–Trinajstić information content (AvgIpc) is 3.12. The van der Waals surface area contributed by atoms with E-state index in [1.54, 1.807) is 20.8 Å². The lowest BCUT2D eigenvalue weighted by atomic mass is 10.00. The zero-order valence-corrected chi connectivity index (χ0v) is 17.3. The van der Waals surface area contributed by atoms with Gasteiger partial charge in [0.1, 0.15) is 11.6 Å². The highest BCUT2D eigenvalue weighted by Gasteiger charge is 2.49. The van der Waals surface area contributed by atoms with Crippen molar-refractivity contribution in [2.75, 3.05) is 19.6 Å². The van der Waals surface area contributed by atoms with E-state index < -0.39 is 40.2 Å². The third kappa shape index (κ3) is 5.08. The summed E-state index contributed by atoms with van der Waals surface area (Å²) in [7, 11) is -4.83. The van der Waals surface area contributed by atoms with Crippen molar-refractivity contribution in [2.45, 2.75) is 63.8 Å². The summed E-state index contributed by atoms with van der Waals surface area (Å²) in [6.45, 7) is 6.21. The number of urea groups is 1. The van der Waals surface area contributed by atoms with Gasteiger partial charge in [-0.2, -0.15) is 13.5 Å². The maximum Gasteiger partial charge on any atom is 0.418 e. The van der Waals surface area contributed by atoms with Gasteiger partial charge in [-0.15, -0.1) is 4.28 Å². The molecule has 13 heteroatoms. The maximum atomic E-state index is 12.7. The smallest absolute Gasteiger partial charge is 0.418 e. The zero-order chi connectivity index (χ0) is 21.6. The maximum absolute atomic E-state index is 12.7. The molecule has 29 heavy (non-hydrogen) atoms. The van der Waals surface area contributed by atoms with Gasteiger partial charge in [-0.3, -0.25) is 9.35 Å². The van der Waals surface area contributed by atoms with E-state index in [0.717, 1.165) is 0 Å². The van der Waals surface area contributed by atoms with Crippen molar-refractivity contribution in [1.29, 1.82) is 0 Å². The van der Waals surface area contributed by atoms with Crippen molar-refractivity contribution in [3.63, 3.8) is 0 Å². The molecule has 3 atom stereocenters. The summed E-state index contributed by atoms with van der Waals surface area (Å²) in [6, 6.07) is -2.38. The van der Waals surface area contributed by atoms with Crippen LogP contribution in [0.15, 0.2) is 0 Å². The second kappa shape index (κ2) is 7.61. The molecule has 3 fully saturated rings. The van der Waals surface area contributed by atoms with E-state index in [9.17, 15) is 22.8 Å². The second-order valence-electron chi connectivity index (χ2n) is 8.43. The van der Waals surface area contributed by atoms with Crippen LogP contribution in [0.1, 0.15) is 40.0 Å². The lowest BCUT2D eigenvalue weighted by Crippen LogP contribution is -2.52. The highest BCUT2D eigenvalue weighted by Crippen LogP contribution is 2.31. The van der Waals surface area contributed by atoms with Crippen LogP contribution in [-0.4, -0.2) is 89.2 Å². The Hall–Kier alpha value is -2.12. The molecule has 0 aliphatic carbocycles. The fourth-order valence-corrected chi connectivity index (χ4v) is 4.16. The Morgan fingerprint density at radius 1 is 1.17 bits per heavy atom. The van der Waals surface area contributed by atoms with Crippen LogP contribution in [-0.2, 0) is 24.2 Å². The summed E-state index contributed by atoms with van der Waals surface area (Å²) in [5, 5.41) is 3.45. The number of ether oxygens (including phenoxy) is 1. The second-order valence-corrected chi connectivity index (χ2v) is 9.44. The molecule has 2 bridgehead atoms. The molecule has 3 saturated heterocycles. The van der Waals surface area contributed by atoms with Gasteiger partial charge in [-0.05, 0) is 40.0 Å². The first kappa shape index (κ1) is 21.6. The van der Waals surface area contributed by atoms with Crippen molar-refractivity contribution in [2.24, 2.45) is 0 Å². The molecular formula is C16H26N4O8S. The van der Waals surface area contributed by atoms with Crippen molar-refractivity contribution >= 4 is 28.4 Å². The number of fused-ring (bicyclic) bond motifs is 2. The molecule has 3 heterocycles. The Kier molecular flexibility index (Phi) is 5.66. The number of nitrogens with one attached hydrogen (secondary N) is 1. The molecule has 3 aliphatic rings. The first-order valence-corrected chi connectivity index (χ1v) is 10.8. The predicted octanol–water partition coefficient (Wildman–Crippen LogP) is 0.115. The normalized spacial score (nSPS) is 27.4. The minimum atomic E-state index is -4.83. The number of carbonyl (C=O) groups is 3. The summed E-state index contributed by atoms with van der Waals surface area (Å²) >= 11 is 0. The fraction of sp³-hybridized carbons (Fsp3) is 0.812. The Bertz CT molecular complexity index is 795. The van der Waals surface area contributed by atoms with Gasteiger partial charge >= 0.3 is 22.5 Å². The van der Waals surface area contributed by atoms with E-state index in [-0.39, 0.29) is 18.5 Å². The molecule has 3 rings (SSSR count). The van der Waals surface area contributed by atoms with E-state index >= 15 is 0 Å². The topological polar surface area (TPSA) is 146 Å². The number of nitrogens with zero attached hydrogens (tertiary/aromatic N) is 3. The van der Waals surface area contributed by atoms with Crippen LogP contribution >= 0.6 is 0 Å². The number of amides is 4. The van der Waals surface area contributed by atoms with Crippen molar-refractivity contribution in [3.8, 4) is 0 Å².